The number of nitrogens with one attached hydrogen (secondary N) is 1. The zero-order chi connectivity index (χ0) is 15.5. The molecule has 1 aromatic carbocycles. The minimum atomic E-state index is -3.87. The van der Waals surface area contributed by atoms with E-state index in [1.807, 2.05) is 17.5 Å². The number of sulfonamides is 1. The molecule has 0 amide bonds. The van der Waals surface area contributed by atoms with Gasteiger partial charge >= 0.3 is 5.97 Å². The summed E-state index contributed by atoms with van der Waals surface area (Å²) >= 11 is 1.43. The number of methoxy groups -OCH3 is 1. The second-order valence-electron chi connectivity index (χ2n) is 4.15. The van der Waals surface area contributed by atoms with E-state index >= 15 is 0 Å². The van der Waals surface area contributed by atoms with E-state index in [4.69, 9.17) is 5.73 Å². The van der Waals surface area contributed by atoms with E-state index in [1.165, 1.54) is 36.6 Å². The smallest absolute Gasteiger partial charge is 0.339 e. The summed E-state index contributed by atoms with van der Waals surface area (Å²) < 4.78 is 31.7. The Labute approximate surface area is 126 Å². The molecule has 0 spiro atoms. The van der Waals surface area contributed by atoms with Crippen LogP contribution in [-0.4, -0.2) is 21.5 Å². The quantitative estimate of drug-likeness (QED) is 0.642. The van der Waals surface area contributed by atoms with Gasteiger partial charge in [0.05, 0.1) is 17.6 Å². The minimum absolute atomic E-state index is 0.0506. The van der Waals surface area contributed by atoms with E-state index in [9.17, 15) is 13.2 Å². The number of carbonyl (C=O) groups excluding carboxylic acids is 1. The van der Waals surface area contributed by atoms with E-state index in [0.29, 0.717) is 0 Å². The Balaban J connectivity index is 2.34. The molecular formula is C13H14N2O4S2. The molecule has 0 unspecified atom stereocenters. The fourth-order valence-corrected chi connectivity index (χ4v) is 3.67. The number of nitrogens with two attached hydrogens (primary N) is 1. The highest BCUT2D eigenvalue weighted by molar-refractivity contribution is 7.89. The molecule has 1 heterocycles. The first-order valence-electron chi connectivity index (χ1n) is 5.94. The number of carbonyl (C=O) groups is 1. The van der Waals surface area contributed by atoms with Gasteiger partial charge in [0, 0.05) is 17.1 Å². The van der Waals surface area contributed by atoms with Gasteiger partial charge in [-0.25, -0.2) is 17.9 Å². The van der Waals surface area contributed by atoms with Gasteiger partial charge in [-0.15, -0.1) is 11.3 Å². The van der Waals surface area contributed by atoms with Gasteiger partial charge in [-0.2, -0.15) is 0 Å². The number of nitrogen functional groups attached to an aromatic ring is 1. The molecule has 0 atom stereocenters. The lowest BCUT2D eigenvalue weighted by Gasteiger charge is -2.10. The lowest BCUT2D eigenvalue weighted by molar-refractivity contribution is 0.0596. The molecule has 112 valence electrons. The van der Waals surface area contributed by atoms with Gasteiger partial charge in [-0.3, -0.25) is 0 Å². The molecule has 3 N–H and O–H groups in total. The maximum absolute atomic E-state index is 12.4. The third-order valence-corrected chi connectivity index (χ3v) is 5.03. The van der Waals surface area contributed by atoms with Gasteiger partial charge < -0.3 is 10.5 Å². The first-order valence-corrected chi connectivity index (χ1v) is 8.30. The molecule has 2 aromatic rings. The van der Waals surface area contributed by atoms with Crippen molar-refractivity contribution in [3.05, 3.63) is 46.2 Å². The Morgan fingerprint density at radius 3 is 2.76 bits per heavy atom. The van der Waals surface area contributed by atoms with E-state index in [0.717, 1.165) is 4.88 Å². The summed E-state index contributed by atoms with van der Waals surface area (Å²) in [6, 6.07) is 7.66. The first-order chi connectivity index (χ1) is 9.94. The summed E-state index contributed by atoms with van der Waals surface area (Å²) in [4.78, 5) is 12.3. The standard InChI is InChI=1S/C13H14N2O4S2/c1-19-13(16)11-5-4-9(14)7-12(11)21(17,18)15-8-10-3-2-6-20-10/h2-7,15H,8,14H2,1H3. The van der Waals surface area contributed by atoms with Crippen molar-refractivity contribution in [3.63, 3.8) is 0 Å². The van der Waals surface area contributed by atoms with E-state index in [-0.39, 0.29) is 22.7 Å². The van der Waals surface area contributed by atoms with Crippen LogP contribution in [0.5, 0.6) is 0 Å². The van der Waals surface area contributed by atoms with Gasteiger partial charge in [-0.05, 0) is 29.6 Å². The van der Waals surface area contributed by atoms with Crippen LogP contribution in [0, 0.1) is 0 Å². The van der Waals surface area contributed by atoms with Crippen LogP contribution in [0.3, 0.4) is 0 Å². The molecule has 8 heteroatoms. The summed E-state index contributed by atoms with van der Waals surface area (Å²) in [5.74, 6) is -0.730. The average Bonchev–Trinajstić information content (AvgIpc) is 2.98. The van der Waals surface area contributed by atoms with Gasteiger partial charge in [0.25, 0.3) is 0 Å². The first kappa shape index (κ1) is 15.5. The average molecular weight is 326 g/mol. The van der Waals surface area contributed by atoms with E-state index < -0.39 is 16.0 Å². The number of ether oxygens (including phenoxy) is 1. The summed E-state index contributed by atoms with van der Waals surface area (Å²) in [5.41, 5.74) is 5.81. The number of benzene rings is 1. The molecule has 21 heavy (non-hydrogen) atoms. The summed E-state index contributed by atoms with van der Waals surface area (Å²) in [6.45, 7) is 0.148. The highest BCUT2D eigenvalue weighted by Gasteiger charge is 2.23. The molecule has 0 aliphatic heterocycles. The number of hydrogen-bond donors (Lipinski definition) is 2. The molecule has 1 aromatic heterocycles. The van der Waals surface area contributed by atoms with Crippen LogP contribution in [0.1, 0.15) is 15.2 Å². The summed E-state index contributed by atoms with van der Waals surface area (Å²) in [6.07, 6.45) is 0. The molecule has 0 saturated heterocycles. The fraction of sp³-hybridized carbons (Fsp3) is 0.154. The predicted molar refractivity (Wildman–Crippen MR) is 80.5 cm³/mol. The van der Waals surface area contributed by atoms with Crippen LogP contribution in [0.4, 0.5) is 5.69 Å². The zero-order valence-corrected chi connectivity index (χ0v) is 12.8. The maximum atomic E-state index is 12.4. The van der Waals surface area contributed by atoms with Gasteiger partial charge in [0.1, 0.15) is 0 Å². The topological polar surface area (TPSA) is 98.5 Å². The largest absolute Gasteiger partial charge is 0.465 e. The van der Waals surface area contributed by atoms with E-state index in [2.05, 4.69) is 9.46 Å². The third-order valence-electron chi connectivity index (χ3n) is 2.72. The number of rotatable bonds is 5. The third kappa shape index (κ3) is 3.60. The molecule has 6 nitrogen and oxygen atoms in total. The lowest BCUT2D eigenvalue weighted by atomic mass is 10.2. The van der Waals surface area contributed by atoms with Crippen LogP contribution in [0.15, 0.2) is 40.6 Å². The van der Waals surface area contributed by atoms with Crippen LogP contribution >= 0.6 is 11.3 Å². The van der Waals surface area contributed by atoms with Crippen molar-refractivity contribution >= 4 is 33.0 Å². The maximum Gasteiger partial charge on any atom is 0.339 e. The van der Waals surface area contributed by atoms with Crippen LogP contribution in [-0.2, 0) is 21.3 Å². The Kier molecular flexibility index (Phi) is 4.61. The van der Waals surface area contributed by atoms with Crippen molar-refractivity contribution in [2.24, 2.45) is 0 Å². The SMILES string of the molecule is COC(=O)c1ccc(N)cc1S(=O)(=O)NCc1cccs1. The molecule has 0 saturated carbocycles. The Morgan fingerprint density at radius 1 is 1.38 bits per heavy atom. The number of anilines is 1. The second-order valence-corrected chi connectivity index (χ2v) is 6.92. The molecule has 2 rings (SSSR count). The van der Waals surface area contributed by atoms with Crippen molar-refractivity contribution in [2.75, 3.05) is 12.8 Å². The highest BCUT2D eigenvalue weighted by Crippen LogP contribution is 2.20. The molecule has 0 fully saturated rings. The Bertz CT molecular complexity index is 740. The molecule has 0 bridgehead atoms. The van der Waals surface area contributed by atoms with Crippen LogP contribution in [0.2, 0.25) is 0 Å². The van der Waals surface area contributed by atoms with Gasteiger partial charge in [0.15, 0.2) is 0 Å². The van der Waals surface area contributed by atoms with Crippen LogP contribution < -0.4 is 10.5 Å². The molecule has 0 radical (unpaired) electrons. The minimum Gasteiger partial charge on any atom is -0.465 e. The lowest BCUT2D eigenvalue weighted by Crippen LogP contribution is -2.25. The Morgan fingerprint density at radius 2 is 2.14 bits per heavy atom. The Hall–Kier alpha value is -1.90. The molecular weight excluding hydrogens is 312 g/mol. The number of esters is 1. The van der Waals surface area contributed by atoms with Gasteiger partial charge in [-0.1, -0.05) is 6.07 Å². The fourth-order valence-electron chi connectivity index (χ4n) is 1.70. The summed E-state index contributed by atoms with van der Waals surface area (Å²) in [7, 11) is -2.68. The van der Waals surface area contributed by atoms with Crippen molar-refractivity contribution < 1.29 is 17.9 Å². The van der Waals surface area contributed by atoms with Crippen molar-refractivity contribution in [1.82, 2.24) is 4.72 Å². The highest BCUT2D eigenvalue weighted by atomic mass is 32.2. The normalized spacial score (nSPS) is 11.3. The van der Waals surface area contributed by atoms with Crippen molar-refractivity contribution in [2.45, 2.75) is 11.4 Å². The van der Waals surface area contributed by atoms with Crippen molar-refractivity contribution in [3.8, 4) is 0 Å². The number of thiophene rings is 1. The predicted octanol–water partition coefficient (Wildman–Crippen LogP) is 1.60. The zero-order valence-electron chi connectivity index (χ0n) is 11.2. The van der Waals surface area contributed by atoms with Gasteiger partial charge in [0.2, 0.25) is 10.0 Å². The summed E-state index contributed by atoms with van der Waals surface area (Å²) in [5, 5.41) is 1.85. The number of hydrogen-bond acceptors (Lipinski definition) is 6. The monoisotopic (exact) mass is 326 g/mol. The van der Waals surface area contributed by atoms with E-state index in [1.54, 1.807) is 0 Å². The molecule has 0 aliphatic rings. The second kappa shape index (κ2) is 6.25. The van der Waals surface area contributed by atoms with Crippen molar-refractivity contribution in [1.29, 1.82) is 0 Å². The van der Waals surface area contributed by atoms with Crippen LogP contribution in [0.25, 0.3) is 0 Å². The molecule has 0 aliphatic carbocycles.